The highest BCUT2D eigenvalue weighted by atomic mass is 15.0. The molecule has 4 N–H and O–H groups in total. The highest BCUT2D eigenvalue weighted by Gasteiger charge is 2.61. The first-order valence-electron chi connectivity index (χ1n) is 10.5. The zero-order valence-electron chi connectivity index (χ0n) is 16.9. The lowest BCUT2D eigenvalue weighted by Gasteiger charge is -2.63. The third kappa shape index (κ3) is 2.86. The first kappa shape index (κ1) is 18.7. The molecule has 3 aliphatic carbocycles. The maximum atomic E-state index is 4.39. The summed E-state index contributed by atoms with van der Waals surface area (Å²) in [6, 6.07) is 0. The quantitative estimate of drug-likeness (QED) is 0.741. The number of nitrogens with two attached hydrogens (primary N) is 2. The van der Waals surface area contributed by atoms with Gasteiger partial charge in [-0.05, 0) is 69.1 Å². The van der Waals surface area contributed by atoms with Gasteiger partial charge in [-0.1, -0.05) is 20.8 Å². The summed E-state index contributed by atoms with van der Waals surface area (Å²) in [6.07, 6.45) is 8.44. The van der Waals surface area contributed by atoms with Crippen LogP contribution in [0.15, 0.2) is 0 Å². The van der Waals surface area contributed by atoms with Crippen LogP contribution in [0, 0.1) is 55.5 Å². The molecular formula is C22H42N2. The molecule has 0 spiro atoms. The molecule has 0 amide bonds. The van der Waals surface area contributed by atoms with Crippen molar-refractivity contribution in [2.75, 3.05) is 0 Å². The molecule has 2 heteroatoms. The van der Waals surface area contributed by atoms with Crippen molar-refractivity contribution >= 4 is 0 Å². The molecule has 3 fully saturated rings. The van der Waals surface area contributed by atoms with Crippen LogP contribution in [0.3, 0.4) is 0 Å². The molecule has 0 radical (unpaired) electrons. The Morgan fingerprint density at radius 2 is 1.75 bits per heavy atom. The van der Waals surface area contributed by atoms with Crippen LogP contribution in [0.1, 0.15) is 73.1 Å². The van der Waals surface area contributed by atoms with Crippen molar-refractivity contribution < 1.29 is 10.6 Å². The van der Waals surface area contributed by atoms with Crippen molar-refractivity contribution in [2.24, 2.45) is 41.4 Å². The van der Waals surface area contributed by atoms with E-state index in [4.69, 9.17) is 0 Å². The summed E-state index contributed by atoms with van der Waals surface area (Å²) in [5, 5.41) is 4.61. The Kier molecular flexibility index (Phi) is 5.13. The van der Waals surface area contributed by atoms with Gasteiger partial charge in [0, 0.05) is 24.7 Å². The zero-order chi connectivity index (χ0) is 17.7. The molecule has 3 rings (SSSR count). The van der Waals surface area contributed by atoms with Crippen LogP contribution in [0.5, 0.6) is 0 Å². The predicted molar refractivity (Wildman–Crippen MR) is 101 cm³/mol. The van der Waals surface area contributed by atoms with Gasteiger partial charge in [0.25, 0.3) is 0 Å². The molecule has 0 aromatic heterocycles. The summed E-state index contributed by atoms with van der Waals surface area (Å²) in [5.41, 5.74) is 0.691. The third-order valence-electron chi connectivity index (χ3n) is 8.71. The lowest BCUT2D eigenvalue weighted by Crippen LogP contribution is -2.98. The first-order chi connectivity index (χ1) is 11.3. The summed E-state index contributed by atoms with van der Waals surface area (Å²) in [4.78, 5) is 0. The van der Waals surface area contributed by atoms with Crippen LogP contribution < -0.4 is 10.6 Å². The van der Waals surface area contributed by atoms with Gasteiger partial charge in [0.15, 0.2) is 0 Å². The van der Waals surface area contributed by atoms with Crippen LogP contribution in [-0.2, 0) is 0 Å². The Balaban J connectivity index is 1.97. The number of quaternary nitrogens is 2. The molecule has 8 atom stereocenters. The molecule has 0 aromatic carbocycles. The fourth-order valence-corrected chi connectivity index (χ4v) is 7.32. The molecular weight excluding hydrogens is 292 g/mol. The molecule has 0 heterocycles. The van der Waals surface area contributed by atoms with E-state index in [1.165, 1.54) is 38.5 Å². The third-order valence-corrected chi connectivity index (χ3v) is 8.71. The first-order valence-corrected chi connectivity index (χ1v) is 10.5. The topological polar surface area (TPSA) is 33.2 Å². The molecule has 0 bridgehead atoms. The Labute approximate surface area is 150 Å². The number of hydrogen-bond donors (Lipinski definition) is 2. The minimum atomic E-state index is 0.269. The fourth-order valence-electron chi connectivity index (χ4n) is 7.32. The van der Waals surface area contributed by atoms with Crippen LogP contribution in [0.25, 0.3) is 0 Å². The van der Waals surface area contributed by atoms with Crippen molar-refractivity contribution in [3.8, 4) is 0 Å². The second-order valence-corrected chi connectivity index (χ2v) is 10.4. The SMILES string of the molecule is [CH2-][NH2+]C(C)(C)CC1CC(C)C2CCC(C)C3([NH2+][CH2-])CCC(C)C1C23. The molecule has 24 heavy (non-hydrogen) atoms. The van der Waals surface area contributed by atoms with E-state index < -0.39 is 0 Å². The summed E-state index contributed by atoms with van der Waals surface area (Å²) in [5.74, 6) is 6.19. The summed E-state index contributed by atoms with van der Waals surface area (Å²) >= 11 is 0. The zero-order valence-corrected chi connectivity index (χ0v) is 16.9. The Hall–Kier alpha value is -0.0800. The monoisotopic (exact) mass is 334 g/mol. The minimum Gasteiger partial charge on any atom is -0.474 e. The van der Waals surface area contributed by atoms with Gasteiger partial charge >= 0.3 is 0 Å². The van der Waals surface area contributed by atoms with E-state index in [1.54, 1.807) is 0 Å². The van der Waals surface area contributed by atoms with Crippen LogP contribution in [0.2, 0.25) is 0 Å². The summed E-state index contributed by atoms with van der Waals surface area (Å²) < 4.78 is 0. The van der Waals surface area contributed by atoms with Crippen LogP contribution in [-0.4, -0.2) is 11.1 Å². The average molecular weight is 335 g/mol. The smallest absolute Gasteiger partial charge is 0.0783 e. The molecule has 0 saturated heterocycles. The highest BCUT2D eigenvalue weighted by molar-refractivity contribution is 5.09. The summed E-state index contributed by atoms with van der Waals surface area (Å²) in [6.45, 7) is 12.4. The van der Waals surface area contributed by atoms with Crippen molar-refractivity contribution in [3.63, 3.8) is 0 Å². The van der Waals surface area contributed by atoms with E-state index in [1.807, 2.05) is 0 Å². The van der Waals surface area contributed by atoms with Gasteiger partial charge < -0.3 is 10.6 Å². The lowest BCUT2D eigenvalue weighted by atomic mass is 9.43. The van der Waals surface area contributed by atoms with E-state index in [0.29, 0.717) is 5.54 Å². The molecule has 140 valence electrons. The normalized spacial score (nSPS) is 48.9. The fraction of sp³-hybridized carbons (Fsp3) is 0.909. The number of hydrogen-bond acceptors (Lipinski definition) is 0. The van der Waals surface area contributed by atoms with Gasteiger partial charge in [0.05, 0.1) is 11.1 Å². The van der Waals surface area contributed by atoms with E-state index in [2.05, 4.69) is 59.3 Å². The largest absolute Gasteiger partial charge is 0.474 e. The van der Waals surface area contributed by atoms with Gasteiger partial charge in [-0.25, -0.2) is 0 Å². The standard InChI is InChI=1S/C22H42N2/c1-14-10-11-22(24-7)16(3)8-9-18-15(2)12-17(19(14)20(18)22)13-21(4,5)23-6/h14-20H,6-13,23-24H2,1-5H3. The minimum absolute atomic E-state index is 0.269. The van der Waals surface area contributed by atoms with Crippen molar-refractivity contribution in [3.05, 3.63) is 14.1 Å². The Bertz CT molecular complexity index is 445. The van der Waals surface area contributed by atoms with Gasteiger partial charge in [0.2, 0.25) is 0 Å². The molecule has 3 aliphatic rings. The Morgan fingerprint density at radius 3 is 2.38 bits per heavy atom. The summed E-state index contributed by atoms with van der Waals surface area (Å²) in [7, 11) is 8.51. The van der Waals surface area contributed by atoms with E-state index >= 15 is 0 Å². The van der Waals surface area contributed by atoms with Gasteiger partial charge in [-0.15, -0.1) is 0 Å². The van der Waals surface area contributed by atoms with Crippen molar-refractivity contribution in [1.82, 2.24) is 0 Å². The predicted octanol–water partition coefficient (Wildman–Crippen LogP) is 2.97. The van der Waals surface area contributed by atoms with Crippen molar-refractivity contribution in [1.29, 1.82) is 0 Å². The van der Waals surface area contributed by atoms with Gasteiger partial charge in [-0.2, -0.15) is 14.1 Å². The van der Waals surface area contributed by atoms with E-state index in [9.17, 15) is 0 Å². The van der Waals surface area contributed by atoms with E-state index in [0.717, 1.165) is 41.4 Å². The average Bonchev–Trinajstić information content (AvgIpc) is 2.54. The van der Waals surface area contributed by atoms with Crippen LogP contribution in [0.4, 0.5) is 0 Å². The molecule has 0 aliphatic heterocycles. The van der Waals surface area contributed by atoms with Gasteiger partial charge in [0.1, 0.15) is 0 Å². The molecule has 2 nitrogen and oxygen atoms in total. The van der Waals surface area contributed by atoms with E-state index in [-0.39, 0.29) is 5.54 Å². The van der Waals surface area contributed by atoms with Gasteiger partial charge in [-0.3, -0.25) is 0 Å². The second-order valence-electron chi connectivity index (χ2n) is 10.4. The second kappa shape index (κ2) is 6.58. The van der Waals surface area contributed by atoms with Crippen LogP contribution >= 0.6 is 0 Å². The number of rotatable bonds is 4. The molecule has 8 unspecified atom stereocenters. The lowest BCUT2D eigenvalue weighted by molar-refractivity contribution is -0.706. The highest BCUT2D eigenvalue weighted by Crippen LogP contribution is 2.60. The Morgan fingerprint density at radius 1 is 1.04 bits per heavy atom. The molecule has 0 aromatic rings. The molecule has 3 saturated carbocycles. The maximum absolute atomic E-state index is 4.39. The maximum Gasteiger partial charge on any atom is 0.0783 e. The van der Waals surface area contributed by atoms with Crippen molar-refractivity contribution in [2.45, 2.75) is 84.2 Å².